The molecule has 2 aromatic heterocycles. The van der Waals surface area contributed by atoms with Crippen LogP contribution in [0.1, 0.15) is 31.2 Å². The van der Waals surface area contributed by atoms with E-state index >= 15 is 0 Å². The molecule has 0 unspecified atom stereocenters. The lowest BCUT2D eigenvalue weighted by atomic mass is 9.97. The Kier molecular flexibility index (Phi) is 4.24. The Morgan fingerprint density at radius 1 is 1.08 bits per heavy atom. The smallest absolute Gasteiger partial charge is 0.342 e. The summed E-state index contributed by atoms with van der Waals surface area (Å²) in [6.45, 7) is 2.73. The molecule has 4 rings (SSSR count). The number of rotatable bonds is 2. The van der Waals surface area contributed by atoms with E-state index in [4.69, 9.17) is 0 Å². The van der Waals surface area contributed by atoms with Crippen molar-refractivity contribution in [3.63, 3.8) is 0 Å². The molecule has 2 aliphatic rings. The monoisotopic (exact) mass is 367 g/mol. The Balaban J connectivity index is 1.59. The van der Waals surface area contributed by atoms with Gasteiger partial charge in [-0.15, -0.1) is 10.2 Å². The van der Waals surface area contributed by atoms with Gasteiger partial charge >= 0.3 is 6.18 Å². The largest absolute Gasteiger partial charge is 0.417 e. The van der Waals surface area contributed by atoms with Crippen LogP contribution in [0.4, 0.5) is 19.1 Å². The van der Waals surface area contributed by atoms with Gasteiger partial charge in [-0.25, -0.2) is 0 Å². The van der Waals surface area contributed by atoms with Gasteiger partial charge in [-0.05, 0) is 37.8 Å². The lowest BCUT2D eigenvalue weighted by Crippen LogP contribution is -2.44. The summed E-state index contributed by atoms with van der Waals surface area (Å²) in [6, 6.07) is 2.32. The Bertz CT molecular complexity index is 812. The lowest BCUT2D eigenvalue weighted by Gasteiger charge is -2.33. The molecule has 9 heteroatoms. The van der Waals surface area contributed by atoms with Crippen LogP contribution < -0.4 is 4.90 Å². The first-order valence-corrected chi connectivity index (χ1v) is 8.89. The third-order valence-electron chi connectivity index (χ3n) is 5.18. The molecule has 140 valence electrons. The zero-order chi connectivity index (χ0) is 18.3. The van der Waals surface area contributed by atoms with E-state index in [1.165, 1.54) is 10.5 Å². The topological polar surface area (TPSA) is 53.7 Å². The molecule has 6 nitrogen and oxygen atoms in total. The van der Waals surface area contributed by atoms with E-state index in [2.05, 4.69) is 10.2 Å². The second kappa shape index (κ2) is 6.44. The maximum atomic E-state index is 13.0. The number of fused-ring (bicyclic) bond motifs is 1. The van der Waals surface area contributed by atoms with Gasteiger partial charge in [0, 0.05) is 32.4 Å². The number of likely N-dealkylation sites (tertiary alicyclic amines) is 1. The Morgan fingerprint density at radius 2 is 1.85 bits per heavy atom. The molecule has 2 aromatic rings. The van der Waals surface area contributed by atoms with E-state index < -0.39 is 11.7 Å². The summed E-state index contributed by atoms with van der Waals surface area (Å²) < 4.78 is 40.4. The summed E-state index contributed by atoms with van der Waals surface area (Å²) in [5.74, 6) is 0.377. The minimum absolute atomic E-state index is 0.139. The summed E-state index contributed by atoms with van der Waals surface area (Å²) >= 11 is 0. The van der Waals surface area contributed by atoms with Crippen LogP contribution in [0.5, 0.6) is 0 Å². The van der Waals surface area contributed by atoms with Crippen LogP contribution in [0, 0.1) is 5.92 Å². The number of nitrogens with zero attached hydrogens (tertiary/aromatic N) is 5. The number of hydrogen-bond acceptors (Lipinski definition) is 4. The third-order valence-corrected chi connectivity index (χ3v) is 5.18. The molecule has 0 aromatic carbocycles. The predicted molar refractivity (Wildman–Crippen MR) is 88.7 cm³/mol. The molecule has 0 N–H and O–H groups in total. The quantitative estimate of drug-likeness (QED) is 0.819. The lowest BCUT2D eigenvalue weighted by molar-refractivity contribution is -0.138. The molecule has 2 aliphatic heterocycles. The molecular weight excluding hydrogens is 347 g/mol. The van der Waals surface area contributed by atoms with E-state index in [1.54, 1.807) is 0 Å². The Hall–Kier alpha value is -2.32. The number of anilines is 1. The first-order chi connectivity index (χ1) is 12.4. The second-order valence-corrected chi connectivity index (χ2v) is 6.96. The highest BCUT2D eigenvalue weighted by Gasteiger charge is 2.34. The van der Waals surface area contributed by atoms with Crippen molar-refractivity contribution in [2.24, 2.45) is 5.92 Å². The van der Waals surface area contributed by atoms with Crippen LogP contribution in [0.3, 0.4) is 0 Å². The molecule has 0 spiro atoms. The van der Waals surface area contributed by atoms with Gasteiger partial charge in [-0.1, -0.05) is 0 Å². The highest BCUT2D eigenvalue weighted by atomic mass is 19.4. The van der Waals surface area contributed by atoms with Gasteiger partial charge in [0.2, 0.25) is 11.9 Å². The van der Waals surface area contributed by atoms with Gasteiger partial charge in [-0.2, -0.15) is 13.2 Å². The summed E-state index contributed by atoms with van der Waals surface area (Å²) in [6.07, 6.45) is 0.283. The van der Waals surface area contributed by atoms with Crippen molar-refractivity contribution >= 4 is 17.5 Å². The molecule has 4 heterocycles. The van der Waals surface area contributed by atoms with E-state index in [0.29, 0.717) is 24.7 Å². The molecule has 0 saturated carbocycles. The van der Waals surface area contributed by atoms with E-state index in [0.717, 1.165) is 51.0 Å². The minimum atomic E-state index is -4.42. The fourth-order valence-electron chi connectivity index (χ4n) is 3.82. The molecule has 0 aliphatic carbocycles. The summed E-state index contributed by atoms with van der Waals surface area (Å²) in [7, 11) is 0. The van der Waals surface area contributed by atoms with Crippen LogP contribution in [-0.2, 0) is 11.0 Å². The number of amides is 1. The van der Waals surface area contributed by atoms with Crippen molar-refractivity contribution in [3.8, 4) is 0 Å². The van der Waals surface area contributed by atoms with Crippen LogP contribution in [0.2, 0.25) is 0 Å². The number of hydrogen-bond donors (Lipinski definition) is 0. The van der Waals surface area contributed by atoms with Crippen molar-refractivity contribution in [1.82, 2.24) is 19.5 Å². The van der Waals surface area contributed by atoms with Crippen molar-refractivity contribution in [2.45, 2.75) is 31.9 Å². The minimum Gasteiger partial charge on any atom is -0.342 e. The van der Waals surface area contributed by atoms with Crippen molar-refractivity contribution in [1.29, 1.82) is 0 Å². The summed E-state index contributed by atoms with van der Waals surface area (Å²) in [4.78, 5) is 16.5. The molecule has 0 radical (unpaired) electrons. The number of piperidine rings is 1. The maximum Gasteiger partial charge on any atom is 0.417 e. The second-order valence-electron chi connectivity index (χ2n) is 6.96. The Labute approximate surface area is 148 Å². The SMILES string of the molecule is O=C([C@@H]1CCCN(c2nnc3ccc(C(F)(F)F)cn23)C1)N1CCCC1. The molecule has 1 amide bonds. The van der Waals surface area contributed by atoms with Gasteiger partial charge in [-0.3, -0.25) is 9.20 Å². The van der Waals surface area contributed by atoms with Crippen LogP contribution in [-0.4, -0.2) is 51.6 Å². The number of aromatic nitrogens is 3. The highest BCUT2D eigenvalue weighted by molar-refractivity contribution is 5.80. The number of carbonyl (C=O) groups is 1. The average molecular weight is 367 g/mol. The summed E-state index contributed by atoms with van der Waals surface area (Å²) in [5, 5.41) is 8.05. The predicted octanol–water partition coefficient (Wildman–Crippen LogP) is 2.59. The zero-order valence-electron chi connectivity index (χ0n) is 14.2. The van der Waals surface area contributed by atoms with Crippen molar-refractivity contribution in [2.75, 3.05) is 31.1 Å². The van der Waals surface area contributed by atoms with Crippen LogP contribution in [0.25, 0.3) is 5.65 Å². The average Bonchev–Trinajstić information content (AvgIpc) is 3.29. The van der Waals surface area contributed by atoms with Crippen LogP contribution >= 0.6 is 0 Å². The van der Waals surface area contributed by atoms with E-state index in [-0.39, 0.29) is 11.8 Å². The van der Waals surface area contributed by atoms with Gasteiger partial charge < -0.3 is 9.80 Å². The molecule has 1 atom stereocenters. The maximum absolute atomic E-state index is 13.0. The zero-order valence-corrected chi connectivity index (χ0v) is 14.2. The van der Waals surface area contributed by atoms with Gasteiger partial charge in [0.1, 0.15) is 0 Å². The first-order valence-electron chi connectivity index (χ1n) is 8.89. The van der Waals surface area contributed by atoms with Gasteiger partial charge in [0.25, 0.3) is 0 Å². The number of carbonyl (C=O) groups excluding carboxylic acids is 1. The number of pyridine rings is 1. The standard InChI is InChI=1S/C17H20F3N5O/c18-17(19,20)13-5-6-14-21-22-16(25(14)11-13)24-9-3-4-12(10-24)15(26)23-7-1-2-8-23/h5-6,11-12H,1-4,7-10H2/t12-/m1/s1. The van der Waals surface area contributed by atoms with E-state index in [9.17, 15) is 18.0 Å². The highest BCUT2D eigenvalue weighted by Crippen LogP contribution is 2.31. The molecule has 0 bridgehead atoms. The molecular formula is C17H20F3N5O. The van der Waals surface area contributed by atoms with Crippen molar-refractivity contribution in [3.05, 3.63) is 23.9 Å². The Morgan fingerprint density at radius 3 is 2.58 bits per heavy atom. The number of halogens is 3. The fourth-order valence-corrected chi connectivity index (χ4v) is 3.82. The van der Waals surface area contributed by atoms with Gasteiger partial charge in [0.05, 0.1) is 11.5 Å². The summed E-state index contributed by atoms with van der Waals surface area (Å²) in [5.41, 5.74) is -0.381. The molecule has 26 heavy (non-hydrogen) atoms. The normalized spacial score (nSPS) is 21.6. The third kappa shape index (κ3) is 3.10. The van der Waals surface area contributed by atoms with Crippen molar-refractivity contribution < 1.29 is 18.0 Å². The molecule has 2 fully saturated rings. The molecule has 2 saturated heterocycles. The number of alkyl halides is 3. The van der Waals surface area contributed by atoms with E-state index in [1.807, 2.05) is 9.80 Å². The first kappa shape index (κ1) is 17.1. The fraction of sp³-hybridized carbons (Fsp3) is 0.588. The van der Waals surface area contributed by atoms with Gasteiger partial charge in [0.15, 0.2) is 5.65 Å². The van der Waals surface area contributed by atoms with Crippen LogP contribution in [0.15, 0.2) is 18.3 Å².